The summed E-state index contributed by atoms with van der Waals surface area (Å²) in [4.78, 5) is 18.9. The number of hydrogen-bond acceptors (Lipinski definition) is 4. The van der Waals surface area contributed by atoms with E-state index < -0.39 is 0 Å². The zero-order valence-electron chi connectivity index (χ0n) is 14.9. The van der Waals surface area contributed by atoms with E-state index in [0.717, 1.165) is 29.9 Å². The molecule has 1 aromatic heterocycles. The van der Waals surface area contributed by atoms with Gasteiger partial charge in [0.15, 0.2) is 0 Å². The summed E-state index contributed by atoms with van der Waals surface area (Å²) in [5, 5.41) is 0. The molecule has 1 aliphatic rings. The van der Waals surface area contributed by atoms with Crippen LogP contribution < -0.4 is 5.73 Å². The molecule has 0 atom stereocenters. The molecule has 138 valence electrons. The van der Waals surface area contributed by atoms with Crippen molar-refractivity contribution in [1.82, 2.24) is 14.5 Å². The van der Waals surface area contributed by atoms with Gasteiger partial charge in [0, 0.05) is 37.4 Å². The molecule has 3 rings (SSSR count). The van der Waals surface area contributed by atoms with E-state index in [9.17, 15) is 4.79 Å². The Labute approximate surface area is 159 Å². The lowest BCUT2D eigenvalue weighted by molar-refractivity contribution is 0.0828. The molecular formula is C19H24N4O2S. The number of ether oxygens (including phenoxy) is 1. The highest BCUT2D eigenvalue weighted by Crippen LogP contribution is 2.26. The zero-order chi connectivity index (χ0) is 18.5. The summed E-state index contributed by atoms with van der Waals surface area (Å²) in [5.74, 6) is 0.960. The molecule has 2 N–H and O–H groups in total. The lowest BCUT2D eigenvalue weighted by atomic mass is 10.0. The van der Waals surface area contributed by atoms with Gasteiger partial charge in [0.2, 0.25) is 0 Å². The smallest absolute Gasteiger partial charge is 0.410 e. The molecule has 1 fully saturated rings. The van der Waals surface area contributed by atoms with Crippen molar-refractivity contribution in [3.63, 3.8) is 0 Å². The van der Waals surface area contributed by atoms with E-state index in [-0.39, 0.29) is 6.09 Å². The average Bonchev–Trinajstić information content (AvgIpc) is 3.00. The van der Waals surface area contributed by atoms with Gasteiger partial charge in [-0.05, 0) is 25.3 Å². The first-order valence-corrected chi connectivity index (χ1v) is 9.22. The number of carbonyl (C=O) groups is 1. The van der Waals surface area contributed by atoms with Crippen molar-refractivity contribution in [2.45, 2.75) is 38.8 Å². The summed E-state index contributed by atoms with van der Waals surface area (Å²) in [6.07, 6.45) is 3.87. The molecule has 0 saturated carbocycles. The third-order valence-electron chi connectivity index (χ3n) is 4.71. The van der Waals surface area contributed by atoms with E-state index in [0.29, 0.717) is 37.1 Å². The fourth-order valence-corrected chi connectivity index (χ4v) is 3.57. The SMILES string of the molecule is Cc1ncc(CC(N)=S)n1C1CCN(C(=O)OCc2ccccc2)CC1. The van der Waals surface area contributed by atoms with Crippen LogP contribution in [-0.4, -0.2) is 38.6 Å². The maximum atomic E-state index is 12.3. The monoisotopic (exact) mass is 372 g/mol. The number of nitrogens with zero attached hydrogens (tertiary/aromatic N) is 3. The number of amides is 1. The quantitative estimate of drug-likeness (QED) is 0.817. The lowest BCUT2D eigenvalue weighted by Gasteiger charge is -2.33. The first-order valence-electron chi connectivity index (χ1n) is 8.81. The Morgan fingerprint density at radius 3 is 2.65 bits per heavy atom. The molecule has 0 radical (unpaired) electrons. The third-order valence-corrected chi connectivity index (χ3v) is 4.85. The van der Waals surface area contributed by atoms with Crippen molar-refractivity contribution in [1.29, 1.82) is 0 Å². The van der Waals surface area contributed by atoms with Gasteiger partial charge in [-0.15, -0.1) is 0 Å². The number of aromatic nitrogens is 2. The molecule has 26 heavy (non-hydrogen) atoms. The minimum Gasteiger partial charge on any atom is -0.445 e. The highest BCUT2D eigenvalue weighted by atomic mass is 32.1. The van der Waals surface area contributed by atoms with Crippen molar-refractivity contribution in [2.75, 3.05) is 13.1 Å². The molecule has 0 unspecified atom stereocenters. The van der Waals surface area contributed by atoms with Crippen molar-refractivity contribution < 1.29 is 9.53 Å². The van der Waals surface area contributed by atoms with Crippen LogP contribution in [0, 0.1) is 6.92 Å². The number of piperidine rings is 1. The first-order chi connectivity index (χ1) is 12.5. The second kappa shape index (κ2) is 8.31. The highest BCUT2D eigenvalue weighted by molar-refractivity contribution is 7.80. The summed E-state index contributed by atoms with van der Waals surface area (Å²) < 4.78 is 7.64. The largest absolute Gasteiger partial charge is 0.445 e. The number of imidazole rings is 1. The maximum absolute atomic E-state index is 12.3. The Kier molecular flexibility index (Phi) is 5.88. The molecule has 2 aromatic rings. The second-order valence-electron chi connectivity index (χ2n) is 6.57. The topological polar surface area (TPSA) is 73.4 Å². The lowest BCUT2D eigenvalue weighted by Crippen LogP contribution is -2.39. The van der Waals surface area contributed by atoms with Gasteiger partial charge in [-0.1, -0.05) is 42.5 Å². The molecule has 7 heteroatoms. The Bertz CT molecular complexity index is 767. The van der Waals surface area contributed by atoms with E-state index in [2.05, 4.69) is 9.55 Å². The maximum Gasteiger partial charge on any atom is 0.410 e. The fraction of sp³-hybridized carbons (Fsp3) is 0.421. The van der Waals surface area contributed by atoms with Crippen LogP contribution in [-0.2, 0) is 17.8 Å². The standard InChI is InChI=1S/C19H24N4O2S/c1-14-21-12-17(11-18(20)26)23(14)16-7-9-22(10-8-16)19(24)25-13-15-5-3-2-4-6-15/h2-6,12,16H,7-11,13H2,1H3,(H2,20,26). The second-order valence-corrected chi connectivity index (χ2v) is 7.09. The van der Waals surface area contributed by atoms with Crippen molar-refractivity contribution in [3.8, 4) is 0 Å². The van der Waals surface area contributed by atoms with Gasteiger partial charge in [0.25, 0.3) is 0 Å². The Morgan fingerprint density at radius 2 is 2.00 bits per heavy atom. The predicted octanol–water partition coefficient (Wildman–Crippen LogP) is 2.99. The van der Waals surface area contributed by atoms with E-state index in [4.69, 9.17) is 22.7 Å². The van der Waals surface area contributed by atoms with Gasteiger partial charge >= 0.3 is 6.09 Å². The average molecular weight is 372 g/mol. The van der Waals surface area contributed by atoms with E-state index >= 15 is 0 Å². The summed E-state index contributed by atoms with van der Waals surface area (Å²) in [6.45, 7) is 3.63. The number of likely N-dealkylation sites (tertiary alicyclic amines) is 1. The first kappa shape index (κ1) is 18.4. The van der Waals surface area contributed by atoms with Crippen LogP contribution in [0.4, 0.5) is 4.79 Å². The Hall–Kier alpha value is -2.41. The van der Waals surface area contributed by atoms with Crippen LogP contribution in [0.1, 0.15) is 36.0 Å². The van der Waals surface area contributed by atoms with Gasteiger partial charge in [-0.2, -0.15) is 0 Å². The molecular weight excluding hydrogens is 348 g/mol. The normalized spacial score (nSPS) is 15.0. The number of hydrogen-bond donors (Lipinski definition) is 1. The molecule has 6 nitrogen and oxygen atoms in total. The number of aryl methyl sites for hydroxylation is 1. The van der Waals surface area contributed by atoms with Crippen molar-refractivity contribution >= 4 is 23.3 Å². The van der Waals surface area contributed by atoms with Gasteiger partial charge in [-0.25, -0.2) is 9.78 Å². The molecule has 0 aliphatic carbocycles. The number of carbonyl (C=O) groups excluding carboxylic acids is 1. The highest BCUT2D eigenvalue weighted by Gasteiger charge is 2.26. The van der Waals surface area contributed by atoms with Gasteiger partial charge < -0.3 is 19.9 Å². The van der Waals surface area contributed by atoms with Crippen LogP contribution in [0.25, 0.3) is 0 Å². The summed E-state index contributed by atoms with van der Waals surface area (Å²) in [5.41, 5.74) is 7.73. The summed E-state index contributed by atoms with van der Waals surface area (Å²) in [7, 11) is 0. The van der Waals surface area contributed by atoms with Gasteiger partial charge in [-0.3, -0.25) is 0 Å². The number of thiocarbonyl (C=S) groups is 1. The number of rotatable bonds is 5. The predicted molar refractivity (Wildman–Crippen MR) is 104 cm³/mol. The van der Waals surface area contributed by atoms with Crippen molar-refractivity contribution in [2.24, 2.45) is 5.73 Å². The Morgan fingerprint density at radius 1 is 1.31 bits per heavy atom. The van der Waals surface area contributed by atoms with E-state index in [1.807, 2.05) is 43.5 Å². The zero-order valence-corrected chi connectivity index (χ0v) is 15.7. The Balaban J connectivity index is 1.55. The van der Waals surface area contributed by atoms with E-state index in [1.54, 1.807) is 4.90 Å². The summed E-state index contributed by atoms with van der Waals surface area (Å²) >= 11 is 5.04. The number of benzene rings is 1. The van der Waals surface area contributed by atoms with Crippen LogP contribution in [0.2, 0.25) is 0 Å². The van der Waals surface area contributed by atoms with E-state index in [1.165, 1.54) is 0 Å². The molecule has 1 amide bonds. The van der Waals surface area contributed by atoms with Crippen LogP contribution in [0.15, 0.2) is 36.5 Å². The van der Waals surface area contributed by atoms with Crippen LogP contribution >= 0.6 is 12.2 Å². The van der Waals surface area contributed by atoms with Crippen molar-refractivity contribution in [3.05, 3.63) is 53.6 Å². The third kappa shape index (κ3) is 4.40. The molecule has 1 saturated heterocycles. The number of nitrogens with two attached hydrogens (primary N) is 1. The van der Waals surface area contributed by atoms with Gasteiger partial charge in [0.05, 0.1) is 4.99 Å². The molecule has 1 aliphatic heterocycles. The molecule has 0 spiro atoms. The van der Waals surface area contributed by atoms with Crippen LogP contribution in [0.3, 0.4) is 0 Å². The minimum atomic E-state index is -0.252. The molecule has 0 bridgehead atoms. The fourth-order valence-electron chi connectivity index (χ4n) is 3.43. The molecule has 1 aromatic carbocycles. The van der Waals surface area contributed by atoms with Crippen LogP contribution in [0.5, 0.6) is 0 Å². The minimum absolute atomic E-state index is 0.252. The molecule has 2 heterocycles. The van der Waals surface area contributed by atoms with Gasteiger partial charge in [0.1, 0.15) is 12.4 Å². The summed E-state index contributed by atoms with van der Waals surface area (Å²) in [6, 6.07) is 10.0.